The van der Waals surface area contributed by atoms with Crippen LogP contribution >= 0.6 is 11.8 Å². The van der Waals surface area contributed by atoms with Gasteiger partial charge in [-0.15, -0.1) is 0 Å². The molecule has 2 rings (SSSR count). The molecular weight excluding hydrogens is 220 g/mol. The molecular formula is C12H22N2OS. The smallest absolute Gasteiger partial charge is 0.157 e. The number of nitrogens with one attached hydrogen (secondary N) is 1. The SMILES string of the molecule is CC1(N=C2NC(C)(C)CCS2)CCCOC1. The van der Waals surface area contributed by atoms with E-state index >= 15 is 0 Å². The van der Waals surface area contributed by atoms with Crippen LogP contribution in [0.3, 0.4) is 0 Å². The van der Waals surface area contributed by atoms with E-state index in [0.29, 0.717) is 0 Å². The second-order valence-corrected chi connectivity index (χ2v) is 6.76. The Kier molecular flexibility index (Phi) is 3.50. The van der Waals surface area contributed by atoms with Crippen molar-refractivity contribution >= 4 is 16.9 Å². The van der Waals surface area contributed by atoms with E-state index in [2.05, 4.69) is 26.1 Å². The molecule has 4 heteroatoms. The van der Waals surface area contributed by atoms with Crippen molar-refractivity contribution in [1.82, 2.24) is 5.32 Å². The Labute approximate surface area is 102 Å². The fourth-order valence-electron chi connectivity index (χ4n) is 2.10. The van der Waals surface area contributed by atoms with Crippen LogP contribution in [0.2, 0.25) is 0 Å². The molecule has 0 aromatic heterocycles. The average Bonchev–Trinajstić information content (AvgIpc) is 2.16. The van der Waals surface area contributed by atoms with E-state index in [9.17, 15) is 0 Å². The normalized spacial score (nSPS) is 37.1. The third kappa shape index (κ3) is 3.14. The molecule has 0 aromatic carbocycles. The summed E-state index contributed by atoms with van der Waals surface area (Å²) >= 11 is 1.84. The molecule has 0 spiro atoms. The van der Waals surface area contributed by atoms with Crippen LogP contribution in [-0.4, -0.2) is 35.2 Å². The van der Waals surface area contributed by atoms with E-state index < -0.39 is 0 Å². The molecule has 1 atom stereocenters. The first-order valence-corrected chi connectivity index (χ1v) is 7.06. The topological polar surface area (TPSA) is 33.6 Å². The molecule has 0 radical (unpaired) electrons. The Morgan fingerprint density at radius 1 is 1.31 bits per heavy atom. The van der Waals surface area contributed by atoms with Gasteiger partial charge in [-0.05, 0) is 40.0 Å². The minimum Gasteiger partial charge on any atom is -0.379 e. The Hall–Kier alpha value is -0.220. The number of hydrogen-bond acceptors (Lipinski definition) is 3. The van der Waals surface area contributed by atoms with Crippen molar-refractivity contribution in [3.05, 3.63) is 0 Å². The Balaban J connectivity index is 2.04. The molecule has 0 aromatic rings. The molecule has 1 unspecified atom stereocenters. The molecule has 0 amide bonds. The lowest BCUT2D eigenvalue weighted by atomic mass is 9.96. The Morgan fingerprint density at radius 3 is 2.75 bits per heavy atom. The summed E-state index contributed by atoms with van der Waals surface area (Å²) in [7, 11) is 0. The first kappa shape index (κ1) is 12.2. The molecule has 0 bridgehead atoms. The molecule has 92 valence electrons. The summed E-state index contributed by atoms with van der Waals surface area (Å²) in [5, 5.41) is 4.62. The monoisotopic (exact) mass is 242 g/mol. The number of amidine groups is 1. The van der Waals surface area contributed by atoms with Gasteiger partial charge in [0.2, 0.25) is 0 Å². The van der Waals surface area contributed by atoms with Crippen molar-refractivity contribution in [2.75, 3.05) is 19.0 Å². The van der Waals surface area contributed by atoms with E-state index in [0.717, 1.165) is 37.0 Å². The molecule has 0 saturated carbocycles. The second kappa shape index (κ2) is 4.57. The summed E-state index contributed by atoms with van der Waals surface area (Å²) in [6.45, 7) is 8.33. The molecule has 0 aliphatic carbocycles. The van der Waals surface area contributed by atoms with Crippen LogP contribution in [0, 0.1) is 0 Å². The van der Waals surface area contributed by atoms with E-state index in [-0.39, 0.29) is 11.1 Å². The van der Waals surface area contributed by atoms with Crippen molar-refractivity contribution < 1.29 is 4.74 Å². The highest BCUT2D eigenvalue weighted by molar-refractivity contribution is 8.13. The molecule has 2 heterocycles. The maximum Gasteiger partial charge on any atom is 0.157 e. The number of ether oxygens (including phenoxy) is 1. The van der Waals surface area contributed by atoms with Gasteiger partial charge in [0.1, 0.15) is 0 Å². The molecule has 3 nitrogen and oxygen atoms in total. The molecule has 1 N–H and O–H groups in total. The summed E-state index contributed by atoms with van der Waals surface area (Å²) in [5.41, 5.74) is 0.178. The predicted octanol–water partition coefficient (Wildman–Crippen LogP) is 2.42. The highest BCUT2D eigenvalue weighted by Crippen LogP contribution is 2.27. The Bertz CT molecular complexity index is 283. The summed E-state index contributed by atoms with van der Waals surface area (Å²) in [6.07, 6.45) is 3.46. The van der Waals surface area contributed by atoms with Gasteiger partial charge < -0.3 is 10.1 Å². The van der Waals surface area contributed by atoms with Gasteiger partial charge in [0.05, 0.1) is 12.1 Å². The fourth-order valence-corrected chi connectivity index (χ4v) is 3.54. The van der Waals surface area contributed by atoms with Gasteiger partial charge in [0.25, 0.3) is 0 Å². The lowest BCUT2D eigenvalue weighted by Gasteiger charge is -2.36. The molecule has 2 aliphatic heterocycles. The maximum absolute atomic E-state index is 5.53. The number of hydrogen-bond donors (Lipinski definition) is 1. The third-order valence-corrected chi connectivity index (χ3v) is 4.07. The molecule has 16 heavy (non-hydrogen) atoms. The number of thioether (sulfide) groups is 1. The average molecular weight is 242 g/mol. The van der Waals surface area contributed by atoms with Crippen LogP contribution in [0.5, 0.6) is 0 Å². The lowest BCUT2D eigenvalue weighted by molar-refractivity contribution is 0.0467. The van der Waals surface area contributed by atoms with Crippen molar-refractivity contribution in [2.45, 2.75) is 51.1 Å². The van der Waals surface area contributed by atoms with Crippen LogP contribution < -0.4 is 5.32 Å². The maximum atomic E-state index is 5.53. The standard InChI is InChI=1S/C12H22N2OS/c1-11(2)6-8-16-10(13-11)14-12(3)5-4-7-15-9-12/h4-9H2,1-3H3,(H,13,14). The number of aliphatic imine (C=N–C) groups is 1. The van der Waals surface area contributed by atoms with Gasteiger partial charge in [-0.3, -0.25) is 4.99 Å². The molecule has 2 fully saturated rings. The van der Waals surface area contributed by atoms with E-state index in [1.807, 2.05) is 11.8 Å². The number of nitrogens with zero attached hydrogens (tertiary/aromatic N) is 1. The zero-order valence-electron chi connectivity index (χ0n) is 10.5. The van der Waals surface area contributed by atoms with Crippen molar-refractivity contribution in [2.24, 2.45) is 4.99 Å². The third-order valence-electron chi connectivity index (χ3n) is 3.20. The van der Waals surface area contributed by atoms with Gasteiger partial charge in [-0.2, -0.15) is 0 Å². The highest BCUT2D eigenvalue weighted by atomic mass is 32.2. The first-order chi connectivity index (χ1) is 7.49. The largest absolute Gasteiger partial charge is 0.379 e. The van der Waals surface area contributed by atoms with Crippen molar-refractivity contribution in [3.63, 3.8) is 0 Å². The van der Waals surface area contributed by atoms with Gasteiger partial charge in [-0.1, -0.05) is 11.8 Å². The quantitative estimate of drug-likeness (QED) is 0.766. The van der Waals surface area contributed by atoms with Crippen molar-refractivity contribution in [3.8, 4) is 0 Å². The van der Waals surface area contributed by atoms with E-state index in [1.165, 1.54) is 6.42 Å². The second-order valence-electron chi connectivity index (χ2n) is 5.68. The predicted molar refractivity (Wildman–Crippen MR) is 70.2 cm³/mol. The van der Waals surface area contributed by atoms with E-state index in [1.54, 1.807) is 0 Å². The minimum atomic E-state index is -0.0129. The zero-order chi connectivity index (χ0) is 11.6. The molecule has 2 saturated heterocycles. The van der Waals surface area contributed by atoms with Crippen LogP contribution in [0.15, 0.2) is 4.99 Å². The van der Waals surface area contributed by atoms with E-state index in [4.69, 9.17) is 9.73 Å². The molecule has 2 aliphatic rings. The van der Waals surface area contributed by atoms with Crippen LogP contribution in [-0.2, 0) is 4.74 Å². The minimum absolute atomic E-state index is 0.0129. The van der Waals surface area contributed by atoms with Crippen LogP contribution in [0.4, 0.5) is 0 Å². The summed E-state index contributed by atoms with van der Waals surface area (Å²) in [5.74, 6) is 1.16. The van der Waals surface area contributed by atoms with Gasteiger partial charge in [-0.25, -0.2) is 0 Å². The first-order valence-electron chi connectivity index (χ1n) is 6.08. The lowest BCUT2D eigenvalue weighted by Crippen LogP contribution is -2.47. The van der Waals surface area contributed by atoms with Crippen LogP contribution in [0.25, 0.3) is 0 Å². The van der Waals surface area contributed by atoms with Gasteiger partial charge in [0.15, 0.2) is 5.17 Å². The zero-order valence-corrected chi connectivity index (χ0v) is 11.3. The van der Waals surface area contributed by atoms with Crippen LogP contribution in [0.1, 0.15) is 40.0 Å². The highest BCUT2D eigenvalue weighted by Gasteiger charge is 2.30. The van der Waals surface area contributed by atoms with Crippen molar-refractivity contribution in [1.29, 1.82) is 0 Å². The van der Waals surface area contributed by atoms with Gasteiger partial charge >= 0.3 is 0 Å². The summed E-state index contributed by atoms with van der Waals surface area (Å²) in [6, 6.07) is 0. The fraction of sp³-hybridized carbons (Fsp3) is 0.917. The Morgan fingerprint density at radius 2 is 2.12 bits per heavy atom. The summed E-state index contributed by atoms with van der Waals surface area (Å²) in [4.78, 5) is 4.87. The number of rotatable bonds is 1. The summed E-state index contributed by atoms with van der Waals surface area (Å²) < 4.78 is 5.53. The van der Waals surface area contributed by atoms with Gasteiger partial charge in [0, 0.05) is 17.9 Å².